The van der Waals surface area contributed by atoms with E-state index in [2.05, 4.69) is 6.08 Å². The molecular weight excluding hydrogens is 152 g/mol. The smallest absolute Gasteiger partial charge is 0.120 e. The van der Waals surface area contributed by atoms with Crippen molar-refractivity contribution in [3.8, 4) is 0 Å². The highest BCUT2D eigenvalue weighted by atomic mass is 16.3. The number of carbonyl (C=O) groups excluding carboxylic acids is 1. The van der Waals surface area contributed by atoms with E-state index < -0.39 is 0 Å². The zero-order chi connectivity index (χ0) is 8.81. The van der Waals surface area contributed by atoms with E-state index in [1.165, 1.54) is 18.4 Å². The fourth-order valence-corrected chi connectivity index (χ4v) is 1.69. The molecule has 0 saturated carbocycles. The Kier molecular flexibility index (Phi) is 4.01. The summed E-state index contributed by atoms with van der Waals surface area (Å²) in [6.45, 7) is 0.116. The molecule has 0 aliphatic heterocycles. The summed E-state index contributed by atoms with van der Waals surface area (Å²) in [6, 6.07) is 0. The van der Waals surface area contributed by atoms with Crippen molar-refractivity contribution in [1.29, 1.82) is 0 Å². The number of rotatable bonds is 4. The minimum absolute atomic E-state index is 0.0998. The summed E-state index contributed by atoms with van der Waals surface area (Å²) >= 11 is 0. The molecule has 2 nitrogen and oxygen atoms in total. The molecule has 68 valence electrons. The van der Waals surface area contributed by atoms with E-state index in [0.29, 0.717) is 6.42 Å². The van der Waals surface area contributed by atoms with Crippen LogP contribution in [0.3, 0.4) is 0 Å². The first-order chi connectivity index (χ1) is 5.88. The molecule has 1 unspecified atom stereocenters. The molecule has 0 spiro atoms. The Morgan fingerprint density at radius 2 is 2.42 bits per heavy atom. The maximum atomic E-state index is 10.3. The van der Waals surface area contributed by atoms with Crippen LogP contribution in [0.25, 0.3) is 0 Å². The van der Waals surface area contributed by atoms with Gasteiger partial charge in [0, 0.05) is 12.3 Å². The Hall–Kier alpha value is -0.630. The Morgan fingerprint density at radius 3 is 2.92 bits per heavy atom. The normalized spacial score (nSPS) is 19.9. The third-order valence-electron chi connectivity index (χ3n) is 2.45. The van der Waals surface area contributed by atoms with Gasteiger partial charge in [0.1, 0.15) is 6.29 Å². The van der Waals surface area contributed by atoms with Gasteiger partial charge in [-0.25, -0.2) is 0 Å². The standard InChI is InChI=1S/C10H16O2/c11-7-6-10(8-12)9-4-2-1-3-5-9/h4,7,10,12H,1-3,5-6,8H2. The fraction of sp³-hybridized carbons (Fsp3) is 0.700. The molecule has 0 amide bonds. The summed E-state index contributed by atoms with van der Waals surface area (Å²) in [5.41, 5.74) is 1.29. The molecule has 0 aromatic heterocycles. The second kappa shape index (κ2) is 5.09. The van der Waals surface area contributed by atoms with Gasteiger partial charge in [-0.15, -0.1) is 0 Å². The summed E-state index contributed by atoms with van der Waals surface area (Å²) in [4.78, 5) is 10.3. The zero-order valence-electron chi connectivity index (χ0n) is 7.33. The topological polar surface area (TPSA) is 37.3 Å². The van der Waals surface area contributed by atoms with Gasteiger partial charge >= 0.3 is 0 Å². The van der Waals surface area contributed by atoms with Crippen LogP contribution in [0.4, 0.5) is 0 Å². The number of allylic oxidation sites excluding steroid dienone is 1. The number of hydrogen-bond acceptors (Lipinski definition) is 2. The Balaban J connectivity index is 2.50. The van der Waals surface area contributed by atoms with Crippen LogP contribution in [0.5, 0.6) is 0 Å². The van der Waals surface area contributed by atoms with Gasteiger partial charge in [-0.2, -0.15) is 0 Å². The molecule has 1 rings (SSSR count). The minimum atomic E-state index is 0.0998. The van der Waals surface area contributed by atoms with Crippen molar-refractivity contribution in [2.75, 3.05) is 6.61 Å². The molecule has 0 bridgehead atoms. The van der Waals surface area contributed by atoms with Crippen LogP contribution < -0.4 is 0 Å². The lowest BCUT2D eigenvalue weighted by atomic mass is 9.88. The highest BCUT2D eigenvalue weighted by Gasteiger charge is 2.14. The van der Waals surface area contributed by atoms with Crippen molar-refractivity contribution in [1.82, 2.24) is 0 Å². The van der Waals surface area contributed by atoms with Gasteiger partial charge in [-0.05, 0) is 25.7 Å². The highest BCUT2D eigenvalue weighted by molar-refractivity contribution is 5.50. The molecule has 1 N–H and O–H groups in total. The van der Waals surface area contributed by atoms with Crippen molar-refractivity contribution >= 4 is 6.29 Å². The molecule has 1 aliphatic rings. The molecule has 2 heteroatoms. The number of carbonyl (C=O) groups is 1. The first kappa shape index (κ1) is 9.46. The third kappa shape index (κ3) is 2.45. The fourth-order valence-electron chi connectivity index (χ4n) is 1.69. The van der Waals surface area contributed by atoms with Crippen molar-refractivity contribution < 1.29 is 9.90 Å². The van der Waals surface area contributed by atoms with Crippen LogP contribution in [0.2, 0.25) is 0 Å². The van der Waals surface area contributed by atoms with Gasteiger partial charge in [0.15, 0.2) is 0 Å². The first-order valence-corrected chi connectivity index (χ1v) is 4.62. The van der Waals surface area contributed by atoms with Crippen LogP contribution in [0.15, 0.2) is 11.6 Å². The lowest BCUT2D eigenvalue weighted by Gasteiger charge is -2.19. The van der Waals surface area contributed by atoms with Crippen molar-refractivity contribution in [2.45, 2.75) is 32.1 Å². The number of aliphatic hydroxyl groups is 1. The second-order valence-corrected chi connectivity index (χ2v) is 3.31. The molecule has 0 fully saturated rings. The van der Waals surface area contributed by atoms with Gasteiger partial charge < -0.3 is 9.90 Å². The SMILES string of the molecule is O=CCC(CO)C1=CCCCC1. The molecule has 1 aliphatic carbocycles. The Bertz CT molecular complexity index is 173. The van der Waals surface area contributed by atoms with Gasteiger partial charge in [-0.3, -0.25) is 0 Å². The molecule has 0 saturated heterocycles. The number of aliphatic hydroxyl groups excluding tert-OH is 1. The maximum Gasteiger partial charge on any atom is 0.120 e. The zero-order valence-corrected chi connectivity index (χ0v) is 7.33. The highest BCUT2D eigenvalue weighted by Crippen LogP contribution is 2.25. The maximum absolute atomic E-state index is 10.3. The molecule has 0 radical (unpaired) electrons. The molecule has 0 aromatic carbocycles. The van der Waals surface area contributed by atoms with E-state index in [-0.39, 0.29) is 12.5 Å². The van der Waals surface area contributed by atoms with Gasteiger partial charge in [0.2, 0.25) is 0 Å². The Morgan fingerprint density at radius 1 is 1.58 bits per heavy atom. The van der Waals surface area contributed by atoms with E-state index in [1.54, 1.807) is 0 Å². The number of aldehydes is 1. The van der Waals surface area contributed by atoms with E-state index in [9.17, 15) is 4.79 Å². The van der Waals surface area contributed by atoms with Crippen molar-refractivity contribution in [2.24, 2.45) is 5.92 Å². The van der Waals surface area contributed by atoms with E-state index in [4.69, 9.17) is 5.11 Å². The summed E-state index contributed by atoms with van der Waals surface area (Å²) in [6.07, 6.45) is 8.21. The lowest BCUT2D eigenvalue weighted by Crippen LogP contribution is -2.11. The van der Waals surface area contributed by atoms with Crippen LogP contribution in [0.1, 0.15) is 32.1 Å². The van der Waals surface area contributed by atoms with E-state index in [1.807, 2.05) is 0 Å². The summed E-state index contributed by atoms with van der Waals surface area (Å²) in [7, 11) is 0. The quantitative estimate of drug-likeness (QED) is 0.512. The largest absolute Gasteiger partial charge is 0.396 e. The minimum Gasteiger partial charge on any atom is -0.396 e. The molecule has 0 aromatic rings. The summed E-state index contributed by atoms with van der Waals surface area (Å²) in [5.74, 6) is 0.0998. The van der Waals surface area contributed by atoms with Crippen LogP contribution >= 0.6 is 0 Å². The average molecular weight is 168 g/mol. The Labute approximate surface area is 73.3 Å². The van der Waals surface area contributed by atoms with Gasteiger partial charge in [0.25, 0.3) is 0 Å². The van der Waals surface area contributed by atoms with Gasteiger partial charge in [0.05, 0.1) is 6.61 Å². The van der Waals surface area contributed by atoms with Crippen molar-refractivity contribution in [3.05, 3.63) is 11.6 Å². The molecule has 12 heavy (non-hydrogen) atoms. The van der Waals surface area contributed by atoms with Crippen LogP contribution in [-0.4, -0.2) is 18.0 Å². The first-order valence-electron chi connectivity index (χ1n) is 4.62. The molecular formula is C10H16O2. The second-order valence-electron chi connectivity index (χ2n) is 3.31. The summed E-state index contributed by atoms with van der Waals surface area (Å²) in [5, 5.41) is 9.01. The van der Waals surface area contributed by atoms with E-state index >= 15 is 0 Å². The van der Waals surface area contributed by atoms with Gasteiger partial charge in [-0.1, -0.05) is 11.6 Å². The monoisotopic (exact) mass is 168 g/mol. The van der Waals surface area contributed by atoms with Crippen molar-refractivity contribution in [3.63, 3.8) is 0 Å². The number of hydrogen-bond donors (Lipinski definition) is 1. The molecule has 1 atom stereocenters. The van der Waals surface area contributed by atoms with Crippen LogP contribution in [-0.2, 0) is 4.79 Å². The molecule has 0 heterocycles. The predicted octanol–water partition coefficient (Wildman–Crippen LogP) is 1.68. The van der Waals surface area contributed by atoms with E-state index in [0.717, 1.165) is 19.1 Å². The third-order valence-corrected chi connectivity index (χ3v) is 2.45. The lowest BCUT2D eigenvalue weighted by molar-refractivity contribution is -0.108. The predicted molar refractivity (Wildman–Crippen MR) is 47.8 cm³/mol. The van der Waals surface area contributed by atoms with Crippen LogP contribution in [0, 0.1) is 5.92 Å². The average Bonchev–Trinajstić information content (AvgIpc) is 2.15. The summed E-state index contributed by atoms with van der Waals surface area (Å²) < 4.78 is 0.